The summed E-state index contributed by atoms with van der Waals surface area (Å²) in [6.45, 7) is 3.51. The number of nitrogens with zero attached hydrogens (tertiary/aromatic N) is 1. The summed E-state index contributed by atoms with van der Waals surface area (Å²) in [6.07, 6.45) is 1.74. The summed E-state index contributed by atoms with van der Waals surface area (Å²) in [5.41, 5.74) is -0.580. The minimum Gasteiger partial charge on any atom is -0.297 e. The third kappa shape index (κ3) is 1.21. The van der Waals surface area contributed by atoms with Crippen LogP contribution in [0.5, 0.6) is 0 Å². The molecule has 1 saturated carbocycles. The first-order valence-corrected chi connectivity index (χ1v) is 4.85. The highest BCUT2D eigenvalue weighted by molar-refractivity contribution is 6.30. The molecular formula is C9H11ClN2O2. The summed E-state index contributed by atoms with van der Waals surface area (Å²) in [5, 5.41) is 0.139. The molecule has 0 aromatic carbocycles. The smallest absolute Gasteiger partial charge is 0.297 e. The Kier molecular flexibility index (Phi) is 1.86. The van der Waals surface area contributed by atoms with Gasteiger partial charge in [0.15, 0.2) is 0 Å². The van der Waals surface area contributed by atoms with E-state index in [9.17, 15) is 9.59 Å². The maximum atomic E-state index is 11.8. The molecule has 4 nitrogen and oxygen atoms in total. The highest BCUT2D eigenvalue weighted by atomic mass is 35.5. The van der Waals surface area contributed by atoms with Gasteiger partial charge in [-0.05, 0) is 26.7 Å². The van der Waals surface area contributed by atoms with Gasteiger partial charge in [-0.25, -0.2) is 4.79 Å². The molecule has 0 bridgehead atoms. The van der Waals surface area contributed by atoms with Crippen LogP contribution in [0.25, 0.3) is 0 Å². The Morgan fingerprint density at radius 3 is 2.50 bits per heavy atom. The van der Waals surface area contributed by atoms with E-state index in [1.807, 2.05) is 6.92 Å². The van der Waals surface area contributed by atoms with Gasteiger partial charge in [-0.2, -0.15) is 0 Å². The van der Waals surface area contributed by atoms with Crippen LogP contribution < -0.4 is 11.2 Å². The molecule has 1 N–H and O–H groups in total. The zero-order valence-electron chi connectivity index (χ0n) is 8.06. The zero-order chi connectivity index (χ0) is 10.5. The Morgan fingerprint density at radius 2 is 2.00 bits per heavy atom. The number of hydrogen-bond acceptors (Lipinski definition) is 2. The fourth-order valence-electron chi connectivity index (χ4n) is 1.49. The topological polar surface area (TPSA) is 54.9 Å². The predicted molar refractivity (Wildman–Crippen MR) is 54.0 cm³/mol. The summed E-state index contributed by atoms with van der Waals surface area (Å²) in [5.74, 6) is 0. The lowest BCUT2D eigenvalue weighted by Gasteiger charge is -2.12. The highest BCUT2D eigenvalue weighted by Gasteiger charge is 2.42. The third-order valence-electron chi connectivity index (χ3n) is 2.79. The second-order valence-corrected chi connectivity index (χ2v) is 4.38. The van der Waals surface area contributed by atoms with Gasteiger partial charge in [-0.15, -0.1) is 0 Å². The monoisotopic (exact) mass is 214 g/mol. The second-order valence-electron chi connectivity index (χ2n) is 4.01. The van der Waals surface area contributed by atoms with Crippen molar-refractivity contribution in [2.75, 3.05) is 0 Å². The summed E-state index contributed by atoms with van der Waals surface area (Å²) >= 11 is 5.69. The van der Waals surface area contributed by atoms with Gasteiger partial charge in [0, 0.05) is 5.56 Å². The van der Waals surface area contributed by atoms with Crippen molar-refractivity contribution in [3.63, 3.8) is 0 Å². The van der Waals surface area contributed by atoms with Crippen LogP contribution in [0, 0.1) is 6.92 Å². The van der Waals surface area contributed by atoms with Gasteiger partial charge in [0.05, 0.1) is 5.54 Å². The molecule has 1 aromatic heterocycles. The van der Waals surface area contributed by atoms with Crippen molar-refractivity contribution in [3.8, 4) is 0 Å². The molecule has 2 rings (SSSR count). The molecule has 0 radical (unpaired) electrons. The molecule has 14 heavy (non-hydrogen) atoms. The molecule has 76 valence electrons. The van der Waals surface area contributed by atoms with Crippen molar-refractivity contribution in [1.29, 1.82) is 0 Å². The Balaban J connectivity index is 2.79. The fourth-order valence-corrected chi connectivity index (χ4v) is 1.65. The van der Waals surface area contributed by atoms with Crippen LogP contribution in [-0.2, 0) is 5.54 Å². The lowest BCUT2D eigenvalue weighted by molar-refractivity contribution is 0.483. The molecule has 1 aliphatic carbocycles. The van der Waals surface area contributed by atoms with Crippen molar-refractivity contribution < 1.29 is 0 Å². The first kappa shape index (κ1) is 9.52. The van der Waals surface area contributed by atoms with Crippen molar-refractivity contribution in [2.24, 2.45) is 0 Å². The molecule has 1 heterocycles. The van der Waals surface area contributed by atoms with Gasteiger partial charge < -0.3 is 0 Å². The zero-order valence-corrected chi connectivity index (χ0v) is 8.81. The number of aromatic amines is 1. The van der Waals surface area contributed by atoms with Crippen LogP contribution in [0.15, 0.2) is 9.59 Å². The van der Waals surface area contributed by atoms with E-state index < -0.39 is 5.69 Å². The van der Waals surface area contributed by atoms with Crippen molar-refractivity contribution in [2.45, 2.75) is 32.2 Å². The maximum absolute atomic E-state index is 11.8. The van der Waals surface area contributed by atoms with E-state index in [0.717, 1.165) is 12.8 Å². The molecule has 0 aliphatic heterocycles. The van der Waals surface area contributed by atoms with Gasteiger partial charge >= 0.3 is 5.69 Å². The van der Waals surface area contributed by atoms with E-state index in [0.29, 0.717) is 5.56 Å². The van der Waals surface area contributed by atoms with E-state index in [1.165, 1.54) is 4.57 Å². The number of nitrogens with one attached hydrogen (secondary N) is 1. The minimum atomic E-state index is -0.411. The van der Waals surface area contributed by atoms with Crippen LogP contribution in [0.1, 0.15) is 25.3 Å². The van der Waals surface area contributed by atoms with Crippen LogP contribution in [-0.4, -0.2) is 9.55 Å². The second kappa shape index (κ2) is 2.73. The van der Waals surface area contributed by atoms with E-state index in [4.69, 9.17) is 11.6 Å². The average Bonchev–Trinajstić information content (AvgIpc) is 2.80. The van der Waals surface area contributed by atoms with Crippen LogP contribution >= 0.6 is 11.6 Å². The standard InChI is InChI=1S/C9H11ClN2O2/c1-5-6(10)11-8(14)12(7(5)13)9(2)3-4-9/h3-4H2,1-2H3,(H,11,14). The van der Waals surface area contributed by atoms with Crippen molar-refractivity contribution >= 4 is 11.6 Å². The number of rotatable bonds is 1. The summed E-state index contributed by atoms with van der Waals surface area (Å²) in [7, 11) is 0. The molecular weight excluding hydrogens is 204 g/mol. The van der Waals surface area contributed by atoms with Gasteiger partial charge in [0.25, 0.3) is 5.56 Å². The van der Waals surface area contributed by atoms with Gasteiger partial charge in [0.1, 0.15) is 5.15 Å². The molecule has 1 aromatic rings. The van der Waals surface area contributed by atoms with Gasteiger partial charge in [-0.1, -0.05) is 11.6 Å². The Hall–Kier alpha value is -1.03. The number of halogens is 1. The number of H-pyrrole nitrogens is 1. The van der Waals surface area contributed by atoms with Crippen LogP contribution in [0.2, 0.25) is 5.15 Å². The number of aromatic nitrogens is 2. The molecule has 5 heteroatoms. The lowest BCUT2D eigenvalue weighted by Crippen LogP contribution is -2.42. The van der Waals surface area contributed by atoms with E-state index in [-0.39, 0.29) is 16.3 Å². The quantitative estimate of drug-likeness (QED) is 0.710. The SMILES string of the molecule is Cc1c(Cl)[nH]c(=O)n(C2(C)CC2)c1=O. The maximum Gasteiger partial charge on any atom is 0.330 e. The van der Waals surface area contributed by atoms with E-state index in [1.54, 1.807) is 6.92 Å². The molecule has 0 unspecified atom stereocenters. The summed E-state index contributed by atoms with van der Waals surface area (Å²) < 4.78 is 1.27. The van der Waals surface area contributed by atoms with E-state index in [2.05, 4.69) is 4.98 Å². The van der Waals surface area contributed by atoms with Gasteiger partial charge in [-0.3, -0.25) is 14.3 Å². The lowest BCUT2D eigenvalue weighted by atomic mass is 10.3. The first-order chi connectivity index (χ1) is 6.46. The largest absolute Gasteiger partial charge is 0.330 e. The molecule has 0 spiro atoms. The molecule has 1 aliphatic rings. The van der Waals surface area contributed by atoms with Gasteiger partial charge in [0.2, 0.25) is 0 Å². The third-order valence-corrected chi connectivity index (χ3v) is 3.16. The Morgan fingerprint density at radius 1 is 1.43 bits per heavy atom. The minimum absolute atomic E-state index is 0.139. The average molecular weight is 215 g/mol. The predicted octanol–water partition coefficient (Wildman–Crippen LogP) is 1.01. The number of hydrogen-bond donors (Lipinski definition) is 1. The Bertz CT molecular complexity index is 497. The molecule has 0 saturated heterocycles. The molecule has 0 atom stereocenters. The normalized spacial score (nSPS) is 18.2. The van der Waals surface area contributed by atoms with Crippen LogP contribution in [0.4, 0.5) is 0 Å². The van der Waals surface area contributed by atoms with Crippen molar-refractivity contribution in [1.82, 2.24) is 9.55 Å². The summed E-state index contributed by atoms with van der Waals surface area (Å²) in [4.78, 5) is 25.7. The van der Waals surface area contributed by atoms with E-state index >= 15 is 0 Å². The molecule has 1 fully saturated rings. The Labute approximate surface area is 85.5 Å². The fraction of sp³-hybridized carbons (Fsp3) is 0.556. The molecule has 0 amide bonds. The first-order valence-electron chi connectivity index (χ1n) is 4.48. The highest BCUT2D eigenvalue weighted by Crippen LogP contribution is 2.40. The van der Waals surface area contributed by atoms with Crippen molar-refractivity contribution in [3.05, 3.63) is 31.6 Å². The summed E-state index contributed by atoms with van der Waals surface area (Å²) in [6, 6.07) is 0. The van der Waals surface area contributed by atoms with Crippen LogP contribution in [0.3, 0.4) is 0 Å².